The summed E-state index contributed by atoms with van der Waals surface area (Å²) in [4.78, 5) is 0. The van der Waals surface area contributed by atoms with Gasteiger partial charge in [-0.15, -0.1) is 0 Å². The summed E-state index contributed by atoms with van der Waals surface area (Å²) in [5.41, 5.74) is 0. The maximum absolute atomic E-state index is 9.85. The van der Waals surface area contributed by atoms with Crippen LogP contribution in [0.25, 0.3) is 10.8 Å². The van der Waals surface area contributed by atoms with E-state index in [0.717, 1.165) is 15.2 Å². The van der Waals surface area contributed by atoms with Gasteiger partial charge in [0.05, 0.1) is 6.61 Å². The first-order valence-corrected chi connectivity index (χ1v) is 7.36. The van der Waals surface area contributed by atoms with Gasteiger partial charge in [0.15, 0.2) is 0 Å². The maximum atomic E-state index is 9.85. The summed E-state index contributed by atoms with van der Waals surface area (Å²) in [6.45, 7) is -0.0799. The quantitative estimate of drug-likeness (QED) is 0.760. The SMILES string of the molecule is O[C@H]1[C@H](Oc2ccc3cc(Br)ccc3c2)OC[C@@H](O)[C@H]1O. The summed E-state index contributed by atoms with van der Waals surface area (Å²) in [6.07, 6.45) is -4.68. The molecule has 21 heavy (non-hydrogen) atoms. The van der Waals surface area contributed by atoms with Gasteiger partial charge in [0, 0.05) is 4.47 Å². The van der Waals surface area contributed by atoms with E-state index in [2.05, 4.69) is 15.9 Å². The number of rotatable bonds is 2. The standard InChI is InChI=1S/C15H15BrO5/c16-10-3-1-9-6-11(4-2-8(9)5-10)21-15-14(19)13(18)12(17)7-20-15/h1-6,12-15,17-19H,7H2/t12-,13-,14-,15+/m1/s1. The van der Waals surface area contributed by atoms with Crippen molar-refractivity contribution < 1.29 is 24.8 Å². The third-order valence-corrected chi connectivity index (χ3v) is 3.97. The molecule has 1 aliphatic heterocycles. The van der Waals surface area contributed by atoms with Crippen LogP contribution in [0.1, 0.15) is 0 Å². The van der Waals surface area contributed by atoms with Gasteiger partial charge in [-0.1, -0.05) is 28.1 Å². The Labute approximate surface area is 129 Å². The van der Waals surface area contributed by atoms with Gasteiger partial charge in [-0.05, 0) is 35.0 Å². The van der Waals surface area contributed by atoms with Crippen LogP contribution in [0.4, 0.5) is 0 Å². The van der Waals surface area contributed by atoms with E-state index < -0.39 is 24.6 Å². The lowest BCUT2D eigenvalue weighted by molar-refractivity contribution is -0.242. The Hall–Kier alpha value is -1.18. The fourth-order valence-corrected chi connectivity index (χ4v) is 2.66. The molecule has 5 nitrogen and oxygen atoms in total. The minimum atomic E-state index is -1.30. The first-order chi connectivity index (χ1) is 10.0. The van der Waals surface area contributed by atoms with Gasteiger partial charge in [0.1, 0.15) is 24.1 Å². The van der Waals surface area contributed by atoms with Crippen molar-refractivity contribution in [2.45, 2.75) is 24.6 Å². The second-order valence-electron chi connectivity index (χ2n) is 5.02. The topological polar surface area (TPSA) is 79.2 Å². The number of fused-ring (bicyclic) bond motifs is 1. The Balaban J connectivity index is 1.80. The molecule has 6 heteroatoms. The minimum Gasteiger partial charge on any atom is -0.462 e. The van der Waals surface area contributed by atoms with Gasteiger partial charge >= 0.3 is 0 Å². The molecule has 0 saturated carbocycles. The Morgan fingerprint density at radius 3 is 2.52 bits per heavy atom. The number of benzene rings is 2. The second-order valence-corrected chi connectivity index (χ2v) is 5.94. The van der Waals surface area contributed by atoms with Crippen molar-refractivity contribution in [3.8, 4) is 5.75 Å². The van der Waals surface area contributed by atoms with Gasteiger partial charge < -0.3 is 24.8 Å². The highest BCUT2D eigenvalue weighted by Crippen LogP contribution is 2.26. The average Bonchev–Trinajstić information content (AvgIpc) is 2.48. The third kappa shape index (κ3) is 3.04. The van der Waals surface area contributed by atoms with Crippen LogP contribution in [-0.4, -0.2) is 46.5 Å². The van der Waals surface area contributed by atoms with Crippen LogP contribution in [-0.2, 0) is 4.74 Å². The molecule has 0 unspecified atom stereocenters. The zero-order valence-electron chi connectivity index (χ0n) is 11.0. The van der Waals surface area contributed by atoms with Crippen LogP contribution < -0.4 is 4.74 Å². The first kappa shape index (κ1) is 14.7. The number of aliphatic hydroxyl groups is 3. The predicted octanol–water partition coefficient (Wildman–Crippen LogP) is 1.42. The highest BCUT2D eigenvalue weighted by Gasteiger charge is 2.38. The maximum Gasteiger partial charge on any atom is 0.228 e. The van der Waals surface area contributed by atoms with E-state index in [9.17, 15) is 15.3 Å². The Kier molecular flexibility index (Phi) is 4.14. The molecule has 1 heterocycles. The van der Waals surface area contributed by atoms with Gasteiger partial charge in [-0.3, -0.25) is 0 Å². The lowest BCUT2D eigenvalue weighted by Gasteiger charge is -2.34. The molecule has 0 aromatic heterocycles. The number of aliphatic hydroxyl groups excluding tert-OH is 3. The van der Waals surface area contributed by atoms with Gasteiger partial charge in [0.25, 0.3) is 0 Å². The van der Waals surface area contributed by atoms with E-state index in [1.54, 1.807) is 6.07 Å². The minimum absolute atomic E-state index is 0.0799. The van der Waals surface area contributed by atoms with Crippen LogP contribution in [0, 0.1) is 0 Å². The molecule has 0 aliphatic carbocycles. The number of ether oxygens (including phenoxy) is 2. The summed E-state index contributed by atoms with van der Waals surface area (Å²) in [7, 11) is 0. The third-order valence-electron chi connectivity index (χ3n) is 3.48. The summed E-state index contributed by atoms with van der Waals surface area (Å²) < 4.78 is 11.8. The van der Waals surface area contributed by atoms with Crippen molar-refractivity contribution in [3.63, 3.8) is 0 Å². The van der Waals surface area contributed by atoms with Crippen LogP contribution in [0.15, 0.2) is 40.9 Å². The number of hydrogen-bond donors (Lipinski definition) is 3. The molecule has 0 spiro atoms. The van der Waals surface area contributed by atoms with Gasteiger partial charge in [0.2, 0.25) is 6.29 Å². The van der Waals surface area contributed by atoms with E-state index in [0.29, 0.717) is 5.75 Å². The van der Waals surface area contributed by atoms with Crippen LogP contribution in [0.5, 0.6) is 5.75 Å². The molecular formula is C15H15BrO5. The Bertz CT molecular complexity index is 647. The fourth-order valence-electron chi connectivity index (χ4n) is 2.29. The monoisotopic (exact) mass is 354 g/mol. The van der Waals surface area contributed by atoms with E-state index in [1.165, 1.54) is 0 Å². The fraction of sp³-hybridized carbons (Fsp3) is 0.333. The summed E-state index contributed by atoms with van der Waals surface area (Å²) >= 11 is 3.41. The van der Waals surface area contributed by atoms with Crippen LogP contribution >= 0.6 is 15.9 Å². The van der Waals surface area contributed by atoms with E-state index in [4.69, 9.17) is 9.47 Å². The molecule has 0 radical (unpaired) electrons. The van der Waals surface area contributed by atoms with Crippen molar-refractivity contribution >= 4 is 26.7 Å². The zero-order chi connectivity index (χ0) is 15.0. The zero-order valence-corrected chi connectivity index (χ0v) is 12.6. The van der Waals surface area contributed by atoms with E-state index >= 15 is 0 Å². The molecule has 2 aromatic rings. The van der Waals surface area contributed by atoms with E-state index in [1.807, 2.05) is 30.3 Å². The lowest BCUT2D eigenvalue weighted by atomic mass is 10.1. The van der Waals surface area contributed by atoms with Crippen molar-refractivity contribution in [1.29, 1.82) is 0 Å². The number of hydrogen-bond acceptors (Lipinski definition) is 5. The van der Waals surface area contributed by atoms with Crippen molar-refractivity contribution in [3.05, 3.63) is 40.9 Å². The predicted molar refractivity (Wildman–Crippen MR) is 80.0 cm³/mol. The summed E-state index contributed by atoms with van der Waals surface area (Å²) in [5.74, 6) is 0.525. The largest absolute Gasteiger partial charge is 0.462 e. The molecule has 3 rings (SSSR count). The summed E-state index contributed by atoms with van der Waals surface area (Å²) in [6, 6.07) is 11.4. The van der Waals surface area contributed by atoms with Gasteiger partial charge in [-0.25, -0.2) is 0 Å². The Morgan fingerprint density at radius 1 is 1.00 bits per heavy atom. The molecule has 1 aliphatic rings. The molecule has 2 aromatic carbocycles. The molecule has 112 valence electrons. The molecule has 4 atom stereocenters. The summed E-state index contributed by atoms with van der Waals surface area (Å²) in [5, 5.41) is 30.9. The Morgan fingerprint density at radius 2 is 1.71 bits per heavy atom. The molecule has 1 saturated heterocycles. The van der Waals surface area contributed by atoms with Crippen molar-refractivity contribution in [2.24, 2.45) is 0 Å². The van der Waals surface area contributed by atoms with Crippen molar-refractivity contribution in [2.75, 3.05) is 6.61 Å². The second kappa shape index (κ2) is 5.90. The normalized spacial score (nSPS) is 29.5. The van der Waals surface area contributed by atoms with Crippen LogP contribution in [0.3, 0.4) is 0 Å². The lowest BCUT2D eigenvalue weighted by Crippen LogP contribution is -2.54. The van der Waals surface area contributed by atoms with Gasteiger partial charge in [-0.2, -0.15) is 0 Å². The molecule has 3 N–H and O–H groups in total. The smallest absolute Gasteiger partial charge is 0.228 e. The highest BCUT2D eigenvalue weighted by atomic mass is 79.9. The molecule has 1 fully saturated rings. The van der Waals surface area contributed by atoms with Crippen LogP contribution in [0.2, 0.25) is 0 Å². The average molecular weight is 355 g/mol. The molecule has 0 amide bonds. The first-order valence-electron chi connectivity index (χ1n) is 6.56. The van der Waals surface area contributed by atoms with E-state index in [-0.39, 0.29) is 6.61 Å². The number of halogens is 1. The molecule has 0 bridgehead atoms. The molecular weight excluding hydrogens is 340 g/mol. The highest BCUT2D eigenvalue weighted by molar-refractivity contribution is 9.10. The van der Waals surface area contributed by atoms with Crippen molar-refractivity contribution in [1.82, 2.24) is 0 Å².